The van der Waals surface area contributed by atoms with Crippen molar-refractivity contribution in [2.45, 2.75) is 13.3 Å². The third-order valence-electron chi connectivity index (χ3n) is 3.70. The Kier molecular flexibility index (Phi) is 3.20. The molecule has 2 aromatic heterocycles. The number of hydrogen-bond acceptors (Lipinski definition) is 5. The van der Waals surface area contributed by atoms with Crippen molar-refractivity contribution in [1.29, 1.82) is 0 Å². The fourth-order valence-electron chi connectivity index (χ4n) is 2.52. The van der Waals surface area contributed by atoms with Crippen LogP contribution in [0.25, 0.3) is 5.65 Å². The Labute approximate surface area is 110 Å². The fraction of sp³-hybridized carbons (Fsp3) is 0.583. The number of hydrogen-bond donors (Lipinski definition) is 2. The molecule has 1 aliphatic heterocycles. The summed E-state index contributed by atoms with van der Waals surface area (Å²) >= 11 is 0. The molecule has 0 aliphatic carbocycles. The second-order valence-corrected chi connectivity index (χ2v) is 4.96. The van der Waals surface area contributed by atoms with Crippen molar-refractivity contribution in [2.75, 3.05) is 31.5 Å². The van der Waals surface area contributed by atoms with Crippen LogP contribution in [0.5, 0.6) is 0 Å². The average molecular weight is 262 g/mol. The van der Waals surface area contributed by atoms with Gasteiger partial charge in [0.25, 0.3) is 0 Å². The maximum Gasteiger partial charge on any atom is 0.348 e. The van der Waals surface area contributed by atoms with Crippen molar-refractivity contribution in [3.63, 3.8) is 0 Å². The minimum absolute atomic E-state index is 0.261. The van der Waals surface area contributed by atoms with Crippen LogP contribution in [0.1, 0.15) is 13.3 Å². The highest BCUT2D eigenvalue weighted by Gasteiger charge is 2.20. The van der Waals surface area contributed by atoms with Gasteiger partial charge in [-0.2, -0.15) is 5.10 Å². The van der Waals surface area contributed by atoms with Crippen molar-refractivity contribution >= 4 is 11.5 Å². The molecule has 1 saturated heterocycles. The Morgan fingerprint density at radius 1 is 1.58 bits per heavy atom. The molecule has 0 bridgehead atoms. The summed E-state index contributed by atoms with van der Waals surface area (Å²) in [4.78, 5) is 18.0. The molecule has 1 fully saturated rings. The minimum atomic E-state index is -0.261. The molecule has 19 heavy (non-hydrogen) atoms. The van der Waals surface area contributed by atoms with Crippen LogP contribution in [0.15, 0.2) is 17.2 Å². The first-order valence-corrected chi connectivity index (χ1v) is 6.65. The van der Waals surface area contributed by atoms with Crippen molar-refractivity contribution in [2.24, 2.45) is 5.92 Å². The SMILES string of the molecule is CCN1CCC(CNc2cc3n[nH]c(=O)n3cn2)C1. The predicted octanol–water partition coefficient (Wildman–Crippen LogP) is 0.171. The molecule has 0 saturated carbocycles. The summed E-state index contributed by atoms with van der Waals surface area (Å²) in [6, 6.07) is 1.78. The zero-order chi connectivity index (χ0) is 13.2. The number of anilines is 1. The highest BCUT2D eigenvalue weighted by molar-refractivity contribution is 5.48. The molecular formula is C12H18N6O. The third kappa shape index (κ3) is 2.46. The zero-order valence-corrected chi connectivity index (χ0v) is 11.0. The van der Waals surface area contributed by atoms with Gasteiger partial charge in [-0.25, -0.2) is 19.3 Å². The molecule has 3 rings (SSSR count). The van der Waals surface area contributed by atoms with Crippen molar-refractivity contribution in [3.05, 3.63) is 22.9 Å². The lowest BCUT2D eigenvalue weighted by atomic mass is 10.1. The molecule has 3 heterocycles. The molecule has 1 aliphatic rings. The van der Waals surface area contributed by atoms with Crippen LogP contribution in [-0.2, 0) is 0 Å². The lowest BCUT2D eigenvalue weighted by Crippen LogP contribution is -2.22. The van der Waals surface area contributed by atoms with E-state index in [-0.39, 0.29) is 5.69 Å². The lowest BCUT2D eigenvalue weighted by Gasteiger charge is -2.13. The van der Waals surface area contributed by atoms with E-state index in [0.29, 0.717) is 11.6 Å². The van der Waals surface area contributed by atoms with Gasteiger partial charge in [-0.15, -0.1) is 0 Å². The van der Waals surface area contributed by atoms with Gasteiger partial charge in [0, 0.05) is 19.2 Å². The summed E-state index contributed by atoms with van der Waals surface area (Å²) in [7, 11) is 0. The molecule has 2 aromatic rings. The van der Waals surface area contributed by atoms with Gasteiger partial charge < -0.3 is 10.2 Å². The van der Waals surface area contributed by atoms with Crippen molar-refractivity contribution in [3.8, 4) is 0 Å². The first-order valence-electron chi connectivity index (χ1n) is 6.65. The van der Waals surface area contributed by atoms with E-state index in [0.717, 1.165) is 25.5 Å². The third-order valence-corrected chi connectivity index (χ3v) is 3.70. The van der Waals surface area contributed by atoms with Gasteiger partial charge in [-0.05, 0) is 25.4 Å². The van der Waals surface area contributed by atoms with E-state index >= 15 is 0 Å². The van der Waals surface area contributed by atoms with Crippen molar-refractivity contribution < 1.29 is 0 Å². The van der Waals surface area contributed by atoms with Crippen LogP contribution in [-0.4, -0.2) is 50.7 Å². The second-order valence-electron chi connectivity index (χ2n) is 4.96. The Balaban J connectivity index is 1.64. The highest BCUT2D eigenvalue weighted by Crippen LogP contribution is 2.16. The summed E-state index contributed by atoms with van der Waals surface area (Å²) in [5.41, 5.74) is 0.326. The molecule has 1 atom stereocenters. The van der Waals surface area contributed by atoms with E-state index in [1.165, 1.54) is 23.7 Å². The number of likely N-dealkylation sites (tertiary alicyclic amines) is 1. The van der Waals surface area contributed by atoms with E-state index in [9.17, 15) is 4.79 Å². The number of rotatable bonds is 4. The normalized spacial score (nSPS) is 20.2. The summed E-state index contributed by atoms with van der Waals surface area (Å²) < 4.78 is 1.39. The predicted molar refractivity (Wildman–Crippen MR) is 72.3 cm³/mol. The van der Waals surface area contributed by atoms with E-state index in [1.807, 2.05) is 0 Å². The van der Waals surface area contributed by atoms with Crippen LogP contribution in [0, 0.1) is 5.92 Å². The summed E-state index contributed by atoms with van der Waals surface area (Å²) in [5.74, 6) is 1.43. The van der Waals surface area contributed by atoms with E-state index in [1.54, 1.807) is 6.07 Å². The standard InChI is InChI=1S/C12H18N6O/c1-2-17-4-3-9(7-17)6-13-10-5-11-15-16-12(19)18(11)8-14-10/h5,8-9,13H,2-4,6-7H2,1H3,(H,16,19). The van der Waals surface area contributed by atoms with Crippen LogP contribution in [0.2, 0.25) is 0 Å². The van der Waals surface area contributed by atoms with Gasteiger partial charge >= 0.3 is 5.69 Å². The molecule has 7 nitrogen and oxygen atoms in total. The van der Waals surface area contributed by atoms with Crippen LogP contribution in [0.4, 0.5) is 5.82 Å². The van der Waals surface area contributed by atoms with Gasteiger partial charge in [-0.1, -0.05) is 6.92 Å². The summed E-state index contributed by atoms with van der Waals surface area (Å²) in [6.07, 6.45) is 2.72. The molecule has 102 valence electrons. The van der Waals surface area contributed by atoms with Crippen LogP contribution in [0.3, 0.4) is 0 Å². The molecule has 2 N–H and O–H groups in total. The topological polar surface area (TPSA) is 78.3 Å². The molecule has 1 unspecified atom stereocenters. The molecular weight excluding hydrogens is 244 g/mol. The van der Waals surface area contributed by atoms with Gasteiger partial charge in [0.2, 0.25) is 0 Å². The lowest BCUT2D eigenvalue weighted by molar-refractivity contribution is 0.345. The molecule has 0 amide bonds. The van der Waals surface area contributed by atoms with Gasteiger partial charge in [-0.3, -0.25) is 0 Å². The van der Waals surface area contributed by atoms with E-state index in [2.05, 4.69) is 32.3 Å². The maximum atomic E-state index is 11.3. The van der Waals surface area contributed by atoms with E-state index < -0.39 is 0 Å². The first kappa shape index (κ1) is 12.2. The van der Waals surface area contributed by atoms with E-state index in [4.69, 9.17) is 0 Å². The zero-order valence-electron chi connectivity index (χ0n) is 11.0. The quantitative estimate of drug-likeness (QED) is 0.821. The molecule has 7 heteroatoms. The molecule has 0 radical (unpaired) electrons. The van der Waals surface area contributed by atoms with Gasteiger partial charge in [0.1, 0.15) is 12.1 Å². The fourth-order valence-corrected chi connectivity index (χ4v) is 2.52. The largest absolute Gasteiger partial charge is 0.370 e. The Morgan fingerprint density at radius 2 is 2.47 bits per heavy atom. The number of nitrogens with one attached hydrogen (secondary N) is 2. The Morgan fingerprint density at radius 3 is 3.26 bits per heavy atom. The number of aromatic amines is 1. The minimum Gasteiger partial charge on any atom is -0.370 e. The summed E-state index contributed by atoms with van der Waals surface area (Å²) in [6.45, 7) is 6.56. The Bertz CT molecular complexity index is 618. The molecule has 0 aromatic carbocycles. The smallest absolute Gasteiger partial charge is 0.348 e. The van der Waals surface area contributed by atoms with Gasteiger partial charge in [0.15, 0.2) is 5.65 Å². The number of fused-ring (bicyclic) bond motifs is 1. The number of aromatic nitrogens is 4. The Hall–Kier alpha value is -1.89. The first-order chi connectivity index (χ1) is 9.26. The monoisotopic (exact) mass is 262 g/mol. The van der Waals surface area contributed by atoms with Gasteiger partial charge in [0.05, 0.1) is 0 Å². The second kappa shape index (κ2) is 5.00. The summed E-state index contributed by atoms with van der Waals surface area (Å²) in [5, 5.41) is 9.64. The highest BCUT2D eigenvalue weighted by atomic mass is 16.1. The average Bonchev–Trinajstić information content (AvgIpc) is 3.03. The molecule has 0 spiro atoms. The van der Waals surface area contributed by atoms with Crippen LogP contribution < -0.4 is 11.0 Å². The maximum absolute atomic E-state index is 11.3. The van der Waals surface area contributed by atoms with Crippen molar-refractivity contribution in [1.82, 2.24) is 24.5 Å². The number of nitrogens with zero attached hydrogens (tertiary/aromatic N) is 4. The van der Waals surface area contributed by atoms with Crippen LogP contribution >= 0.6 is 0 Å². The number of H-pyrrole nitrogens is 1.